The van der Waals surface area contributed by atoms with Crippen LogP contribution < -0.4 is 9.47 Å². The standard InChI is InChI=1S/C21H16ClF4N3O4S/c1-11(10-34(2,30)31)28-19(22)14-9-27-21(33-18-6-4-13(24)8-16(18)26)29-20(14)32-17-5-3-12(23)7-15(17)25/h3-9,11H,10H2,1-2H3/t11-/m1/s1. The van der Waals surface area contributed by atoms with Gasteiger partial charge in [0.15, 0.2) is 23.1 Å². The molecule has 0 radical (unpaired) electrons. The van der Waals surface area contributed by atoms with E-state index in [0.29, 0.717) is 12.1 Å². The van der Waals surface area contributed by atoms with Gasteiger partial charge >= 0.3 is 6.01 Å². The van der Waals surface area contributed by atoms with Crippen molar-refractivity contribution in [2.24, 2.45) is 4.99 Å². The normalized spacial score (nSPS) is 13.0. The van der Waals surface area contributed by atoms with Crippen molar-refractivity contribution in [2.45, 2.75) is 13.0 Å². The maximum Gasteiger partial charge on any atom is 0.325 e. The van der Waals surface area contributed by atoms with Crippen LogP contribution in [0.3, 0.4) is 0 Å². The van der Waals surface area contributed by atoms with Gasteiger partial charge in [-0.05, 0) is 31.2 Å². The van der Waals surface area contributed by atoms with Crippen molar-refractivity contribution in [3.05, 3.63) is 71.4 Å². The number of halogens is 5. The smallest absolute Gasteiger partial charge is 0.325 e. The second-order valence-corrected chi connectivity index (χ2v) is 9.63. The van der Waals surface area contributed by atoms with Gasteiger partial charge in [-0.2, -0.15) is 4.98 Å². The van der Waals surface area contributed by atoms with E-state index in [9.17, 15) is 26.0 Å². The van der Waals surface area contributed by atoms with Gasteiger partial charge in [0.2, 0.25) is 5.88 Å². The van der Waals surface area contributed by atoms with E-state index in [1.807, 2.05) is 0 Å². The number of aromatic nitrogens is 2. The number of sulfone groups is 1. The average molecular weight is 518 g/mol. The first-order valence-electron chi connectivity index (χ1n) is 9.45. The number of ether oxygens (including phenoxy) is 2. The van der Waals surface area contributed by atoms with Crippen molar-refractivity contribution < 1.29 is 35.5 Å². The van der Waals surface area contributed by atoms with Gasteiger partial charge in [-0.15, -0.1) is 0 Å². The lowest BCUT2D eigenvalue weighted by Crippen LogP contribution is -2.16. The molecule has 3 rings (SSSR count). The first-order chi connectivity index (χ1) is 15.9. The Morgan fingerprint density at radius 2 is 1.59 bits per heavy atom. The molecule has 0 bridgehead atoms. The third kappa shape index (κ3) is 6.87. The van der Waals surface area contributed by atoms with Gasteiger partial charge in [-0.25, -0.2) is 31.0 Å². The molecule has 180 valence electrons. The largest absolute Gasteiger partial charge is 0.435 e. The van der Waals surface area contributed by atoms with Crippen LogP contribution >= 0.6 is 11.6 Å². The second kappa shape index (κ2) is 10.3. The minimum atomic E-state index is -3.36. The van der Waals surface area contributed by atoms with Gasteiger partial charge in [0.1, 0.15) is 26.6 Å². The van der Waals surface area contributed by atoms with Crippen molar-refractivity contribution >= 4 is 26.6 Å². The molecule has 0 saturated carbocycles. The highest BCUT2D eigenvalue weighted by Crippen LogP contribution is 2.30. The summed E-state index contributed by atoms with van der Waals surface area (Å²) in [5.74, 6) is -5.33. The minimum absolute atomic E-state index is 0.0855. The highest BCUT2D eigenvalue weighted by Gasteiger charge is 2.19. The minimum Gasteiger partial charge on any atom is -0.435 e. The van der Waals surface area contributed by atoms with Gasteiger partial charge in [0, 0.05) is 24.6 Å². The quantitative estimate of drug-likeness (QED) is 0.307. The Bertz CT molecular complexity index is 1360. The van der Waals surface area contributed by atoms with Crippen LogP contribution in [0.5, 0.6) is 23.4 Å². The molecule has 0 spiro atoms. The van der Waals surface area contributed by atoms with E-state index in [4.69, 9.17) is 21.1 Å². The summed E-state index contributed by atoms with van der Waals surface area (Å²) < 4.78 is 88.1. The van der Waals surface area contributed by atoms with Crippen molar-refractivity contribution in [2.75, 3.05) is 12.0 Å². The van der Waals surface area contributed by atoms with Crippen molar-refractivity contribution in [3.8, 4) is 23.4 Å². The molecule has 0 aliphatic heterocycles. The van der Waals surface area contributed by atoms with E-state index in [2.05, 4.69) is 15.0 Å². The van der Waals surface area contributed by atoms with Crippen LogP contribution in [0.4, 0.5) is 17.6 Å². The molecule has 13 heteroatoms. The van der Waals surface area contributed by atoms with Crippen molar-refractivity contribution in [1.82, 2.24) is 9.97 Å². The molecule has 0 unspecified atom stereocenters. The topological polar surface area (TPSA) is 90.7 Å². The van der Waals surface area contributed by atoms with Crippen LogP contribution in [0, 0.1) is 23.3 Å². The average Bonchev–Trinajstić information content (AvgIpc) is 2.71. The zero-order valence-electron chi connectivity index (χ0n) is 17.6. The molecule has 0 saturated heterocycles. The summed E-state index contributed by atoms with van der Waals surface area (Å²) >= 11 is 6.22. The fourth-order valence-electron chi connectivity index (χ4n) is 2.68. The number of benzene rings is 2. The highest BCUT2D eigenvalue weighted by molar-refractivity contribution is 7.90. The summed E-state index contributed by atoms with van der Waals surface area (Å²) in [6.45, 7) is 1.50. The van der Waals surface area contributed by atoms with E-state index in [1.165, 1.54) is 6.92 Å². The molecule has 7 nitrogen and oxygen atoms in total. The first-order valence-corrected chi connectivity index (χ1v) is 11.9. The van der Waals surface area contributed by atoms with Crippen LogP contribution in [0.25, 0.3) is 0 Å². The van der Waals surface area contributed by atoms with Crippen LogP contribution in [0.1, 0.15) is 12.5 Å². The summed E-state index contributed by atoms with van der Waals surface area (Å²) in [6.07, 6.45) is 2.10. The van der Waals surface area contributed by atoms with Crippen LogP contribution in [-0.2, 0) is 9.84 Å². The van der Waals surface area contributed by atoms with E-state index in [0.717, 1.165) is 36.7 Å². The maximum atomic E-state index is 14.1. The fourth-order valence-corrected chi connectivity index (χ4v) is 3.92. The highest BCUT2D eigenvalue weighted by atomic mass is 35.5. The third-order valence-electron chi connectivity index (χ3n) is 4.03. The molecule has 0 fully saturated rings. The predicted octanol–water partition coefficient (Wildman–Crippen LogP) is 5.04. The summed E-state index contributed by atoms with van der Waals surface area (Å²) in [7, 11) is -3.36. The lowest BCUT2D eigenvalue weighted by molar-refractivity contribution is 0.382. The molecule has 2 aromatic carbocycles. The van der Waals surface area contributed by atoms with E-state index in [-0.39, 0.29) is 16.5 Å². The molecule has 34 heavy (non-hydrogen) atoms. The Kier molecular flexibility index (Phi) is 7.72. The van der Waals surface area contributed by atoms with Gasteiger partial charge < -0.3 is 9.47 Å². The van der Waals surface area contributed by atoms with Gasteiger partial charge in [0.25, 0.3) is 0 Å². The number of rotatable bonds is 8. The number of hydrogen-bond acceptors (Lipinski definition) is 7. The Hall–Kier alpha value is -3.25. The first kappa shape index (κ1) is 25.4. The van der Waals surface area contributed by atoms with Crippen molar-refractivity contribution in [1.29, 1.82) is 0 Å². The molecule has 1 heterocycles. The number of aliphatic imine (C=N–C) groups is 1. The molecular weight excluding hydrogens is 502 g/mol. The van der Waals surface area contributed by atoms with E-state index < -0.39 is 62.5 Å². The summed E-state index contributed by atoms with van der Waals surface area (Å²) in [6, 6.07) is 3.81. The Balaban J connectivity index is 2.01. The third-order valence-corrected chi connectivity index (χ3v) is 5.42. The molecule has 1 atom stereocenters. The van der Waals surface area contributed by atoms with E-state index in [1.54, 1.807) is 0 Å². The molecule has 0 amide bonds. The lowest BCUT2D eigenvalue weighted by atomic mass is 10.3. The maximum absolute atomic E-state index is 14.1. The molecule has 0 aliphatic carbocycles. The van der Waals surface area contributed by atoms with Crippen LogP contribution in [-0.4, -0.2) is 41.6 Å². The van der Waals surface area contributed by atoms with Crippen molar-refractivity contribution in [3.63, 3.8) is 0 Å². The van der Waals surface area contributed by atoms with E-state index >= 15 is 0 Å². The Labute approximate surface area is 197 Å². The predicted molar refractivity (Wildman–Crippen MR) is 116 cm³/mol. The van der Waals surface area contributed by atoms with Gasteiger partial charge in [0.05, 0.1) is 17.4 Å². The van der Waals surface area contributed by atoms with Crippen LogP contribution in [0.15, 0.2) is 47.6 Å². The summed E-state index contributed by atoms with van der Waals surface area (Å²) in [4.78, 5) is 11.9. The number of nitrogens with zero attached hydrogens (tertiary/aromatic N) is 3. The Morgan fingerprint density at radius 3 is 2.12 bits per heavy atom. The second-order valence-electron chi connectivity index (χ2n) is 7.09. The zero-order valence-corrected chi connectivity index (χ0v) is 19.2. The lowest BCUT2D eigenvalue weighted by Gasteiger charge is -2.13. The molecule has 0 aliphatic rings. The van der Waals surface area contributed by atoms with Crippen LogP contribution in [0.2, 0.25) is 0 Å². The molecule has 3 aromatic rings. The monoisotopic (exact) mass is 517 g/mol. The zero-order chi connectivity index (χ0) is 25.0. The Morgan fingerprint density at radius 1 is 1.03 bits per heavy atom. The van der Waals surface area contributed by atoms with Gasteiger partial charge in [-0.3, -0.25) is 4.99 Å². The SMILES string of the molecule is C[C@H](CS(C)(=O)=O)N=C(Cl)c1cnc(Oc2ccc(F)cc2F)nc1Oc1ccc(F)cc1F. The van der Waals surface area contributed by atoms with Gasteiger partial charge in [-0.1, -0.05) is 11.6 Å². The molecule has 0 N–H and O–H groups in total. The number of hydrogen-bond donors (Lipinski definition) is 0. The summed E-state index contributed by atoms with van der Waals surface area (Å²) in [5.41, 5.74) is -0.0855. The summed E-state index contributed by atoms with van der Waals surface area (Å²) in [5, 5.41) is -0.270. The molecular formula is C21H16ClF4N3O4S. The fraction of sp³-hybridized carbons (Fsp3) is 0.190. The molecule has 1 aromatic heterocycles.